The van der Waals surface area contributed by atoms with Crippen LogP contribution in [0.5, 0.6) is 17.4 Å². The third kappa shape index (κ3) is 4.21. The average molecular weight is 382 g/mol. The summed E-state index contributed by atoms with van der Waals surface area (Å²) in [5.74, 6) is 1.72. The maximum Gasteiger partial charge on any atom is 0.270 e. The number of nitrogens with one attached hydrogen (secondary N) is 1. The van der Waals surface area contributed by atoms with Crippen molar-refractivity contribution in [2.24, 2.45) is 0 Å². The van der Waals surface area contributed by atoms with Crippen LogP contribution in [0, 0.1) is 0 Å². The van der Waals surface area contributed by atoms with E-state index in [0.29, 0.717) is 37.0 Å². The van der Waals surface area contributed by atoms with Crippen LogP contribution in [0.1, 0.15) is 53.7 Å². The lowest BCUT2D eigenvalue weighted by Crippen LogP contribution is -2.36. The average Bonchev–Trinajstić information content (AvgIpc) is 2.75. The fourth-order valence-corrected chi connectivity index (χ4v) is 3.81. The highest BCUT2D eigenvalue weighted by Gasteiger charge is 2.24. The zero-order valence-electron chi connectivity index (χ0n) is 16.2. The molecule has 0 bridgehead atoms. The molecule has 2 aliphatic rings. The molecule has 2 aromatic rings. The monoisotopic (exact) mass is 382 g/mol. The molecule has 0 saturated heterocycles. The van der Waals surface area contributed by atoms with Gasteiger partial charge in [-0.3, -0.25) is 4.79 Å². The Morgan fingerprint density at radius 3 is 2.64 bits per heavy atom. The number of fused-ring (bicyclic) bond motifs is 1. The van der Waals surface area contributed by atoms with Crippen molar-refractivity contribution >= 4 is 5.91 Å². The molecule has 6 nitrogen and oxygen atoms in total. The Labute approximate surface area is 165 Å². The molecule has 1 aromatic carbocycles. The van der Waals surface area contributed by atoms with Crippen LogP contribution in [-0.4, -0.2) is 37.3 Å². The van der Waals surface area contributed by atoms with Crippen LogP contribution >= 0.6 is 0 Å². The second kappa shape index (κ2) is 8.50. The quantitative estimate of drug-likeness (QED) is 0.857. The van der Waals surface area contributed by atoms with Crippen LogP contribution in [-0.2, 0) is 6.42 Å². The zero-order valence-corrected chi connectivity index (χ0v) is 16.2. The van der Waals surface area contributed by atoms with Crippen molar-refractivity contribution in [2.45, 2.75) is 44.6 Å². The number of rotatable bonds is 5. The van der Waals surface area contributed by atoms with Gasteiger partial charge in [0, 0.05) is 18.0 Å². The van der Waals surface area contributed by atoms with E-state index >= 15 is 0 Å². The number of aromatic nitrogens is 1. The minimum absolute atomic E-state index is 0.139. The molecule has 6 heteroatoms. The van der Waals surface area contributed by atoms with E-state index in [-0.39, 0.29) is 11.9 Å². The van der Waals surface area contributed by atoms with Gasteiger partial charge in [0.1, 0.15) is 24.7 Å². The number of pyridine rings is 1. The Morgan fingerprint density at radius 1 is 1.14 bits per heavy atom. The molecule has 0 unspecified atom stereocenters. The summed E-state index contributed by atoms with van der Waals surface area (Å²) < 4.78 is 16.7. The minimum Gasteiger partial charge on any atom is -0.497 e. The number of hydrogen-bond donors (Lipinski definition) is 1. The summed E-state index contributed by atoms with van der Waals surface area (Å²) >= 11 is 0. The normalized spacial score (nSPS) is 16.5. The SMILES string of the molecule is COc1ccc(Cc2cc(C(=O)NC3CCCCC3)nc3c2OCCO3)cc1. The van der Waals surface area contributed by atoms with Crippen molar-refractivity contribution in [2.75, 3.05) is 20.3 Å². The fraction of sp³-hybridized carbons (Fsp3) is 0.455. The first-order valence-electron chi connectivity index (χ1n) is 9.96. The van der Waals surface area contributed by atoms with Gasteiger partial charge in [-0.1, -0.05) is 31.4 Å². The number of carbonyl (C=O) groups excluding carboxylic acids is 1. The molecule has 148 valence electrons. The number of nitrogens with zero attached hydrogens (tertiary/aromatic N) is 1. The highest BCUT2D eigenvalue weighted by Crippen LogP contribution is 2.34. The van der Waals surface area contributed by atoms with Crippen LogP contribution in [0.2, 0.25) is 0 Å². The highest BCUT2D eigenvalue weighted by atomic mass is 16.6. The Hall–Kier alpha value is -2.76. The lowest BCUT2D eigenvalue weighted by atomic mass is 9.95. The molecule has 1 aromatic heterocycles. The van der Waals surface area contributed by atoms with E-state index in [4.69, 9.17) is 14.2 Å². The van der Waals surface area contributed by atoms with Gasteiger partial charge in [-0.15, -0.1) is 0 Å². The van der Waals surface area contributed by atoms with Crippen molar-refractivity contribution in [3.63, 3.8) is 0 Å². The Morgan fingerprint density at radius 2 is 1.89 bits per heavy atom. The number of benzene rings is 1. The molecule has 4 rings (SSSR count). The molecule has 1 saturated carbocycles. The molecular weight excluding hydrogens is 356 g/mol. The summed E-state index contributed by atoms with van der Waals surface area (Å²) in [6, 6.07) is 9.94. The molecule has 2 heterocycles. The van der Waals surface area contributed by atoms with Crippen molar-refractivity contribution in [3.05, 3.63) is 47.2 Å². The first-order chi connectivity index (χ1) is 13.7. The molecular formula is C22H26N2O4. The summed E-state index contributed by atoms with van der Waals surface area (Å²) in [6.07, 6.45) is 6.29. The van der Waals surface area contributed by atoms with Gasteiger partial charge >= 0.3 is 0 Å². The van der Waals surface area contributed by atoms with Crippen LogP contribution in [0.3, 0.4) is 0 Å². The Balaban J connectivity index is 1.58. The van der Waals surface area contributed by atoms with Crippen LogP contribution in [0.25, 0.3) is 0 Å². The van der Waals surface area contributed by atoms with Gasteiger partial charge < -0.3 is 19.5 Å². The second-order valence-electron chi connectivity index (χ2n) is 7.33. The molecule has 1 aliphatic heterocycles. The van der Waals surface area contributed by atoms with E-state index in [1.54, 1.807) is 7.11 Å². The van der Waals surface area contributed by atoms with Gasteiger partial charge in [0.2, 0.25) is 0 Å². The zero-order chi connectivity index (χ0) is 19.3. The molecule has 28 heavy (non-hydrogen) atoms. The molecule has 0 radical (unpaired) electrons. The predicted octanol–water partition coefficient (Wildman–Crippen LogP) is 3.51. The van der Waals surface area contributed by atoms with E-state index in [9.17, 15) is 4.79 Å². The predicted molar refractivity (Wildman–Crippen MR) is 105 cm³/mol. The summed E-state index contributed by atoms with van der Waals surface area (Å²) in [5.41, 5.74) is 2.39. The minimum atomic E-state index is -0.139. The molecule has 1 N–H and O–H groups in total. The van der Waals surface area contributed by atoms with Gasteiger partial charge in [-0.05, 0) is 36.6 Å². The maximum absolute atomic E-state index is 12.8. The van der Waals surface area contributed by atoms with Crippen molar-refractivity contribution in [3.8, 4) is 17.4 Å². The maximum atomic E-state index is 12.8. The number of ether oxygens (including phenoxy) is 3. The third-order valence-corrected chi connectivity index (χ3v) is 5.31. The topological polar surface area (TPSA) is 69.7 Å². The molecule has 1 fully saturated rings. The van der Waals surface area contributed by atoms with Gasteiger partial charge in [0.25, 0.3) is 11.8 Å². The Bertz CT molecular complexity index is 829. The summed E-state index contributed by atoms with van der Waals surface area (Å²) in [5, 5.41) is 3.13. The number of hydrogen-bond acceptors (Lipinski definition) is 5. The first-order valence-corrected chi connectivity index (χ1v) is 9.96. The molecule has 1 aliphatic carbocycles. The largest absolute Gasteiger partial charge is 0.497 e. The number of carbonyl (C=O) groups is 1. The summed E-state index contributed by atoms with van der Waals surface area (Å²) in [6.45, 7) is 0.924. The van der Waals surface area contributed by atoms with E-state index in [1.807, 2.05) is 30.3 Å². The number of amides is 1. The molecule has 0 spiro atoms. The van der Waals surface area contributed by atoms with Crippen LogP contribution in [0.4, 0.5) is 0 Å². The van der Waals surface area contributed by atoms with Gasteiger partial charge in [0.15, 0.2) is 5.75 Å². The van der Waals surface area contributed by atoms with Gasteiger partial charge in [-0.2, -0.15) is 0 Å². The number of methoxy groups -OCH3 is 1. The van der Waals surface area contributed by atoms with Crippen molar-refractivity contribution in [1.29, 1.82) is 0 Å². The smallest absolute Gasteiger partial charge is 0.270 e. The van der Waals surface area contributed by atoms with Gasteiger partial charge in [-0.25, -0.2) is 4.98 Å². The highest BCUT2D eigenvalue weighted by molar-refractivity contribution is 5.93. The van der Waals surface area contributed by atoms with Gasteiger partial charge in [0.05, 0.1) is 7.11 Å². The Kier molecular flexibility index (Phi) is 5.65. The van der Waals surface area contributed by atoms with Crippen molar-refractivity contribution in [1.82, 2.24) is 10.3 Å². The van der Waals surface area contributed by atoms with Crippen LogP contribution < -0.4 is 19.5 Å². The van der Waals surface area contributed by atoms with E-state index in [2.05, 4.69) is 10.3 Å². The van der Waals surface area contributed by atoms with Crippen LogP contribution in [0.15, 0.2) is 30.3 Å². The molecule has 1 amide bonds. The van der Waals surface area contributed by atoms with E-state index in [1.165, 1.54) is 19.3 Å². The lowest BCUT2D eigenvalue weighted by molar-refractivity contribution is 0.0919. The first kappa shape index (κ1) is 18.6. The lowest BCUT2D eigenvalue weighted by Gasteiger charge is -2.24. The fourth-order valence-electron chi connectivity index (χ4n) is 3.81. The standard InChI is InChI=1S/C22H26N2O4/c1-26-18-9-7-15(8-10-18)13-16-14-19(24-22-20(16)27-11-12-28-22)21(25)23-17-5-3-2-4-6-17/h7-10,14,17H,2-6,11-13H2,1H3,(H,23,25). The third-order valence-electron chi connectivity index (χ3n) is 5.31. The summed E-state index contributed by atoms with van der Waals surface area (Å²) in [4.78, 5) is 17.2. The summed E-state index contributed by atoms with van der Waals surface area (Å²) in [7, 11) is 1.65. The van der Waals surface area contributed by atoms with Crippen molar-refractivity contribution < 1.29 is 19.0 Å². The second-order valence-corrected chi connectivity index (χ2v) is 7.33. The molecule has 0 atom stereocenters. The van der Waals surface area contributed by atoms with E-state index < -0.39 is 0 Å². The van der Waals surface area contributed by atoms with E-state index in [0.717, 1.165) is 29.7 Å².